The number of nitrogens with zero attached hydrogens (tertiary/aromatic N) is 1. The summed E-state index contributed by atoms with van der Waals surface area (Å²) in [5.41, 5.74) is -0.938. The molecule has 1 heterocycles. The van der Waals surface area contributed by atoms with E-state index in [1.165, 1.54) is 6.92 Å². The minimum atomic E-state index is -4.62. The van der Waals surface area contributed by atoms with E-state index >= 15 is 0 Å². The van der Waals surface area contributed by atoms with Crippen molar-refractivity contribution >= 4 is 17.8 Å². The van der Waals surface area contributed by atoms with E-state index in [-0.39, 0.29) is 18.8 Å². The molecule has 1 aromatic heterocycles. The standard InChI is InChI=1S/C17H21F3N2O5/c1-4-26-14(24)8-13(23)22-15(10(3)16(25)27-5-2)11-6-7-12(21-9-11)17(18,19)20/h6-7,9-10,15H,4-5,8H2,1-3H3,(H,22,23). The molecule has 10 heteroatoms. The SMILES string of the molecule is CCOC(=O)CC(=O)NC(c1ccc(C(F)(F)F)nc1)C(C)C(=O)OCC. The average molecular weight is 390 g/mol. The molecule has 0 spiro atoms. The number of carbonyl (C=O) groups excluding carboxylic acids is 3. The van der Waals surface area contributed by atoms with E-state index in [9.17, 15) is 27.6 Å². The van der Waals surface area contributed by atoms with Crippen LogP contribution in [-0.2, 0) is 30.0 Å². The van der Waals surface area contributed by atoms with Crippen molar-refractivity contribution in [3.63, 3.8) is 0 Å². The molecule has 1 amide bonds. The number of hydrogen-bond donors (Lipinski definition) is 1. The molecule has 0 aliphatic carbocycles. The fourth-order valence-electron chi connectivity index (χ4n) is 2.23. The van der Waals surface area contributed by atoms with E-state index in [0.29, 0.717) is 0 Å². The number of halogens is 3. The van der Waals surface area contributed by atoms with Crippen LogP contribution in [0.4, 0.5) is 13.2 Å². The molecule has 1 N–H and O–H groups in total. The molecule has 0 aliphatic rings. The molecular weight excluding hydrogens is 369 g/mol. The summed E-state index contributed by atoms with van der Waals surface area (Å²) in [6, 6.07) is 0.833. The highest BCUT2D eigenvalue weighted by Gasteiger charge is 2.34. The van der Waals surface area contributed by atoms with Gasteiger partial charge in [-0.2, -0.15) is 13.2 Å². The Kier molecular flexibility index (Phi) is 8.20. The first-order chi connectivity index (χ1) is 12.6. The van der Waals surface area contributed by atoms with Gasteiger partial charge < -0.3 is 14.8 Å². The van der Waals surface area contributed by atoms with Gasteiger partial charge in [-0.25, -0.2) is 0 Å². The van der Waals surface area contributed by atoms with Gasteiger partial charge >= 0.3 is 18.1 Å². The second-order valence-corrected chi connectivity index (χ2v) is 5.54. The first kappa shape index (κ1) is 22.4. The third-order valence-electron chi connectivity index (χ3n) is 3.52. The Balaban J connectivity index is 3.05. The first-order valence-corrected chi connectivity index (χ1v) is 8.24. The fourth-order valence-corrected chi connectivity index (χ4v) is 2.23. The van der Waals surface area contributed by atoms with Crippen LogP contribution >= 0.6 is 0 Å². The number of ether oxygens (including phenoxy) is 2. The van der Waals surface area contributed by atoms with Crippen molar-refractivity contribution in [2.45, 2.75) is 39.4 Å². The molecule has 2 atom stereocenters. The summed E-state index contributed by atoms with van der Waals surface area (Å²) in [6.07, 6.45) is -4.28. The number of aromatic nitrogens is 1. The van der Waals surface area contributed by atoms with Crippen molar-refractivity contribution < 1.29 is 37.0 Å². The largest absolute Gasteiger partial charge is 0.466 e. The van der Waals surface area contributed by atoms with Gasteiger partial charge in [-0.3, -0.25) is 19.4 Å². The van der Waals surface area contributed by atoms with Crippen molar-refractivity contribution in [3.8, 4) is 0 Å². The smallest absolute Gasteiger partial charge is 0.433 e. The lowest BCUT2D eigenvalue weighted by Crippen LogP contribution is -2.37. The average Bonchev–Trinajstić information content (AvgIpc) is 2.58. The minimum Gasteiger partial charge on any atom is -0.466 e. The molecule has 0 saturated heterocycles. The fraction of sp³-hybridized carbons (Fsp3) is 0.529. The maximum Gasteiger partial charge on any atom is 0.433 e. The third-order valence-corrected chi connectivity index (χ3v) is 3.52. The number of esters is 2. The Labute approximate surface area is 154 Å². The minimum absolute atomic E-state index is 0.0948. The van der Waals surface area contributed by atoms with Gasteiger partial charge in [0.1, 0.15) is 12.1 Å². The summed E-state index contributed by atoms with van der Waals surface area (Å²) < 4.78 is 47.6. The van der Waals surface area contributed by atoms with Crippen LogP contribution in [0.5, 0.6) is 0 Å². The highest BCUT2D eigenvalue weighted by atomic mass is 19.4. The molecule has 2 unspecified atom stereocenters. The summed E-state index contributed by atoms with van der Waals surface area (Å²) in [5, 5.41) is 2.46. The van der Waals surface area contributed by atoms with E-state index < -0.39 is 48.1 Å². The van der Waals surface area contributed by atoms with Gasteiger partial charge in [0, 0.05) is 6.20 Å². The molecule has 0 aromatic carbocycles. The number of hydrogen-bond acceptors (Lipinski definition) is 6. The van der Waals surface area contributed by atoms with E-state index in [0.717, 1.165) is 18.3 Å². The van der Waals surface area contributed by atoms with Crippen molar-refractivity contribution in [2.75, 3.05) is 13.2 Å². The number of nitrogens with one attached hydrogen (secondary N) is 1. The zero-order valence-electron chi connectivity index (χ0n) is 15.1. The summed E-state index contributed by atoms with van der Waals surface area (Å²) in [6.45, 7) is 4.81. The summed E-state index contributed by atoms with van der Waals surface area (Å²) in [7, 11) is 0. The van der Waals surface area contributed by atoms with Crippen LogP contribution in [0.25, 0.3) is 0 Å². The Morgan fingerprint density at radius 2 is 1.78 bits per heavy atom. The van der Waals surface area contributed by atoms with E-state index in [2.05, 4.69) is 15.0 Å². The first-order valence-electron chi connectivity index (χ1n) is 8.24. The van der Waals surface area contributed by atoms with Crippen LogP contribution in [-0.4, -0.2) is 36.0 Å². The van der Waals surface area contributed by atoms with Crippen molar-refractivity contribution in [1.29, 1.82) is 0 Å². The maximum absolute atomic E-state index is 12.7. The number of pyridine rings is 1. The topological polar surface area (TPSA) is 94.6 Å². The molecule has 0 radical (unpaired) electrons. The van der Waals surface area contributed by atoms with Crippen molar-refractivity contribution in [2.24, 2.45) is 5.92 Å². The normalized spacial score (nSPS) is 13.4. The molecule has 0 aliphatic heterocycles. The van der Waals surface area contributed by atoms with Crippen LogP contribution in [0, 0.1) is 5.92 Å². The Morgan fingerprint density at radius 1 is 1.15 bits per heavy atom. The van der Waals surface area contributed by atoms with Crippen LogP contribution in [0.15, 0.2) is 18.3 Å². The van der Waals surface area contributed by atoms with Gasteiger partial charge in [-0.15, -0.1) is 0 Å². The predicted octanol–water partition coefficient (Wildman–Crippen LogP) is 2.41. The number of alkyl halides is 3. The summed E-state index contributed by atoms with van der Waals surface area (Å²) in [5.74, 6) is -3.08. The predicted molar refractivity (Wildman–Crippen MR) is 87.2 cm³/mol. The number of amides is 1. The van der Waals surface area contributed by atoms with Crippen LogP contribution in [0.1, 0.15) is 44.5 Å². The van der Waals surface area contributed by atoms with E-state index in [4.69, 9.17) is 4.74 Å². The molecule has 7 nitrogen and oxygen atoms in total. The zero-order valence-corrected chi connectivity index (χ0v) is 15.1. The van der Waals surface area contributed by atoms with Gasteiger partial charge in [0.05, 0.1) is 25.2 Å². The Hall–Kier alpha value is -2.65. The lowest BCUT2D eigenvalue weighted by Gasteiger charge is -2.24. The molecule has 150 valence electrons. The highest BCUT2D eigenvalue weighted by molar-refractivity contribution is 5.94. The van der Waals surface area contributed by atoms with Crippen LogP contribution in [0.2, 0.25) is 0 Å². The second-order valence-electron chi connectivity index (χ2n) is 5.54. The number of rotatable bonds is 8. The van der Waals surface area contributed by atoms with Crippen LogP contribution < -0.4 is 5.32 Å². The monoisotopic (exact) mass is 390 g/mol. The van der Waals surface area contributed by atoms with Gasteiger partial charge in [0.2, 0.25) is 5.91 Å². The second kappa shape index (κ2) is 9.89. The molecule has 1 rings (SSSR count). The highest BCUT2D eigenvalue weighted by Crippen LogP contribution is 2.29. The maximum atomic E-state index is 12.7. The third kappa shape index (κ3) is 6.87. The molecule has 0 fully saturated rings. The summed E-state index contributed by atoms with van der Waals surface area (Å²) in [4.78, 5) is 38.8. The molecule has 1 aromatic rings. The number of carbonyl (C=O) groups is 3. The lowest BCUT2D eigenvalue weighted by atomic mass is 9.95. The van der Waals surface area contributed by atoms with Gasteiger partial charge in [0.25, 0.3) is 0 Å². The van der Waals surface area contributed by atoms with E-state index in [1.54, 1.807) is 13.8 Å². The summed E-state index contributed by atoms with van der Waals surface area (Å²) >= 11 is 0. The van der Waals surface area contributed by atoms with Gasteiger partial charge in [0.15, 0.2) is 0 Å². The Bertz CT molecular complexity index is 662. The van der Waals surface area contributed by atoms with Crippen molar-refractivity contribution in [3.05, 3.63) is 29.6 Å². The molecular formula is C17H21F3N2O5. The van der Waals surface area contributed by atoms with Gasteiger partial charge in [-0.05, 0) is 32.4 Å². The zero-order chi connectivity index (χ0) is 20.6. The quantitative estimate of drug-likeness (QED) is 0.541. The van der Waals surface area contributed by atoms with Gasteiger partial charge in [-0.1, -0.05) is 6.07 Å². The van der Waals surface area contributed by atoms with E-state index in [1.807, 2.05) is 0 Å². The molecule has 27 heavy (non-hydrogen) atoms. The van der Waals surface area contributed by atoms with Crippen LogP contribution in [0.3, 0.4) is 0 Å². The molecule has 0 bridgehead atoms. The molecule has 0 saturated carbocycles. The van der Waals surface area contributed by atoms with Crippen molar-refractivity contribution in [1.82, 2.24) is 10.3 Å². The Morgan fingerprint density at radius 3 is 2.26 bits per heavy atom. The lowest BCUT2D eigenvalue weighted by molar-refractivity contribution is -0.149.